The molecule has 116 valence electrons. The number of likely N-dealkylation sites (N-methyl/N-ethyl adjacent to an activating group) is 1. The van der Waals surface area contributed by atoms with Gasteiger partial charge in [-0.1, -0.05) is 20.8 Å². The van der Waals surface area contributed by atoms with E-state index in [0.717, 1.165) is 25.8 Å². The number of rotatable bonds is 9. The Morgan fingerprint density at radius 3 is 2.30 bits per heavy atom. The van der Waals surface area contributed by atoms with E-state index in [1.54, 1.807) is 0 Å². The topological polar surface area (TPSA) is 15.3 Å². The molecule has 1 rings (SSSR count). The van der Waals surface area contributed by atoms with Crippen molar-refractivity contribution in [2.75, 3.05) is 20.6 Å². The number of hydrogen-bond acceptors (Lipinski definition) is 3. The fourth-order valence-corrected chi connectivity index (χ4v) is 3.63. The molecule has 2 unspecified atom stereocenters. The molecule has 1 heterocycles. The number of aryl methyl sites for hydroxylation is 1. The van der Waals surface area contributed by atoms with E-state index in [9.17, 15) is 0 Å². The van der Waals surface area contributed by atoms with E-state index in [-0.39, 0.29) is 5.54 Å². The van der Waals surface area contributed by atoms with E-state index in [1.165, 1.54) is 16.2 Å². The molecule has 1 aromatic heterocycles. The van der Waals surface area contributed by atoms with E-state index in [2.05, 4.69) is 64.1 Å². The number of thiophene rings is 1. The van der Waals surface area contributed by atoms with Gasteiger partial charge in [-0.25, -0.2) is 0 Å². The first-order valence-corrected chi connectivity index (χ1v) is 8.77. The molecule has 0 aliphatic rings. The van der Waals surface area contributed by atoms with Crippen LogP contribution < -0.4 is 5.32 Å². The summed E-state index contributed by atoms with van der Waals surface area (Å²) in [6.07, 6.45) is 4.63. The molecule has 0 spiro atoms. The van der Waals surface area contributed by atoms with Gasteiger partial charge in [0.15, 0.2) is 0 Å². The zero-order valence-electron chi connectivity index (χ0n) is 14.1. The fraction of sp³-hybridized carbons (Fsp3) is 0.765. The molecule has 0 aromatic carbocycles. The van der Waals surface area contributed by atoms with Crippen molar-refractivity contribution in [1.29, 1.82) is 0 Å². The maximum atomic E-state index is 3.78. The fourth-order valence-electron chi connectivity index (χ4n) is 2.63. The molecular formula is C17H32N2S. The summed E-state index contributed by atoms with van der Waals surface area (Å²) in [4.78, 5) is 5.39. The molecule has 0 saturated heterocycles. The van der Waals surface area contributed by atoms with Crippen LogP contribution in [0.2, 0.25) is 0 Å². The highest BCUT2D eigenvalue weighted by molar-refractivity contribution is 7.11. The van der Waals surface area contributed by atoms with Gasteiger partial charge in [-0.15, -0.1) is 11.3 Å². The summed E-state index contributed by atoms with van der Waals surface area (Å²) in [5, 5.41) is 3.78. The SMILES string of the molecule is CCCNC(Cc1ccc(CC)s1)C(C)(CC)N(C)C. The van der Waals surface area contributed by atoms with Crippen molar-refractivity contribution in [2.24, 2.45) is 0 Å². The van der Waals surface area contributed by atoms with E-state index < -0.39 is 0 Å². The van der Waals surface area contributed by atoms with Crippen molar-refractivity contribution in [1.82, 2.24) is 10.2 Å². The van der Waals surface area contributed by atoms with Crippen LogP contribution in [-0.2, 0) is 12.8 Å². The molecule has 0 saturated carbocycles. The number of nitrogens with one attached hydrogen (secondary N) is 1. The van der Waals surface area contributed by atoms with Gasteiger partial charge in [0.2, 0.25) is 0 Å². The van der Waals surface area contributed by atoms with Gasteiger partial charge in [-0.3, -0.25) is 0 Å². The van der Waals surface area contributed by atoms with Crippen LogP contribution in [-0.4, -0.2) is 37.1 Å². The van der Waals surface area contributed by atoms with Crippen LogP contribution in [0.25, 0.3) is 0 Å². The Morgan fingerprint density at radius 2 is 1.85 bits per heavy atom. The Hall–Kier alpha value is -0.380. The quantitative estimate of drug-likeness (QED) is 0.742. The predicted molar refractivity (Wildman–Crippen MR) is 91.9 cm³/mol. The van der Waals surface area contributed by atoms with Gasteiger partial charge in [0, 0.05) is 21.3 Å². The lowest BCUT2D eigenvalue weighted by molar-refractivity contribution is 0.113. The van der Waals surface area contributed by atoms with Gasteiger partial charge in [0.25, 0.3) is 0 Å². The second-order valence-corrected chi connectivity index (χ2v) is 7.29. The molecule has 0 radical (unpaired) electrons. The molecule has 0 fully saturated rings. The average molecular weight is 297 g/mol. The number of hydrogen-bond donors (Lipinski definition) is 1. The summed E-state index contributed by atoms with van der Waals surface area (Å²) in [6, 6.07) is 5.11. The van der Waals surface area contributed by atoms with Gasteiger partial charge in [0.1, 0.15) is 0 Å². The Labute approximate surface area is 129 Å². The first-order chi connectivity index (χ1) is 9.47. The van der Waals surface area contributed by atoms with Crippen LogP contribution in [0, 0.1) is 0 Å². The lowest BCUT2D eigenvalue weighted by Crippen LogP contribution is -2.57. The molecule has 1 N–H and O–H groups in total. The van der Waals surface area contributed by atoms with Crippen molar-refractivity contribution in [2.45, 2.75) is 65.0 Å². The maximum absolute atomic E-state index is 3.78. The van der Waals surface area contributed by atoms with Crippen molar-refractivity contribution in [3.05, 3.63) is 21.9 Å². The summed E-state index contributed by atoms with van der Waals surface area (Å²) in [5.41, 5.74) is 0.200. The molecule has 0 aliphatic heterocycles. The van der Waals surface area contributed by atoms with Crippen LogP contribution in [0.3, 0.4) is 0 Å². The highest BCUT2D eigenvalue weighted by atomic mass is 32.1. The molecule has 2 nitrogen and oxygen atoms in total. The predicted octanol–water partition coefficient (Wildman–Crippen LogP) is 3.95. The Balaban J connectivity index is 2.87. The van der Waals surface area contributed by atoms with Crippen LogP contribution in [0.4, 0.5) is 0 Å². The smallest absolute Gasteiger partial charge is 0.0329 e. The largest absolute Gasteiger partial charge is 0.312 e. The van der Waals surface area contributed by atoms with E-state index in [1.807, 2.05) is 11.3 Å². The highest BCUT2D eigenvalue weighted by Gasteiger charge is 2.34. The molecule has 20 heavy (non-hydrogen) atoms. The molecule has 2 atom stereocenters. The monoisotopic (exact) mass is 296 g/mol. The minimum absolute atomic E-state index is 0.200. The zero-order chi connectivity index (χ0) is 15.2. The number of nitrogens with zero attached hydrogens (tertiary/aromatic N) is 1. The van der Waals surface area contributed by atoms with E-state index in [0.29, 0.717) is 6.04 Å². The molecular weight excluding hydrogens is 264 g/mol. The van der Waals surface area contributed by atoms with Gasteiger partial charge in [-0.05, 0) is 65.4 Å². The second-order valence-electron chi connectivity index (χ2n) is 6.04. The summed E-state index contributed by atoms with van der Waals surface area (Å²) in [7, 11) is 4.41. The minimum Gasteiger partial charge on any atom is -0.312 e. The summed E-state index contributed by atoms with van der Waals surface area (Å²) in [5.74, 6) is 0. The van der Waals surface area contributed by atoms with Gasteiger partial charge < -0.3 is 10.2 Å². The molecule has 1 aromatic rings. The third-order valence-corrected chi connectivity index (χ3v) is 5.85. The van der Waals surface area contributed by atoms with Crippen LogP contribution in [0.1, 0.15) is 50.3 Å². The van der Waals surface area contributed by atoms with Gasteiger partial charge in [0.05, 0.1) is 0 Å². The minimum atomic E-state index is 0.200. The lowest BCUT2D eigenvalue weighted by Gasteiger charge is -2.43. The third kappa shape index (κ3) is 4.31. The highest BCUT2D eigenvalue weighted by Crippen LogP contribution is 2.27. The average Bonchev–Trinajstić information content (AvgIpc) is 2.89. The summed E-state index contributed by atoms with van der Waals surface area (Å²) < 4.78 is 0. The molecule has 0 amide bonds. The first kappa shape index (κ1) is 17.7. The van der Waals surface area contributed by atoms with Crippen molar-refractivity contribution < 1.29 is 0 Å². The first-order valence-electron chi connectivity index (χ1n) is 7.96. The Kier molecular flexibility index (Phi) is 7.21. The van der Waals surface area contributed by atoms with Crippen molar-refractivity contribution in [3.8, 4) is 0 Å². The van der Waals surface area contributed by atoms with Crippen LogP contribution in [0.15, 0.2) is 12.1 Å². The lowest BCUT2D eigenvalue weighted by atomic mass is 9.85. The summed E-state index contributed by atoms with van der Waals surface area (Å²) in [6.45, 7) is 10.3. The normalized spacial score (nSPS) is 16.4. The van der Waals surface area contributed by atoms with Crippen LogP contribution in [0.5, 0.6) is 0 Å². The third-order valence-electron chi connectivity index (χ3n) is 4.60. The summed E-state index contributed by atoms with van der Waals surface area (Å²) >= 11 is 1.97. The van der Waals surface area contributed by atoms with Gasteiger partial charge >= 0.3 is 0 Å². The van der Waals surface area contributed by atoms with Crippen molar-refractivity contribution in [3.63, 3.8) is 0 Å². The van der Waals surface area contributed by atoms with Crippen molar-refractivity contribution >= 4 is 11.3 Å². The zero-order valence-corrected chi connectivity index (χ0v) is 14.9. The van der Waals surface area contributed by atoms with Crippen LogP contribution >= 0.6 is 11.3 Å². The Bertz CT molecular complexity index is 386. The molecule has 0 bridgehead atoms. The molecule has 0 aliphatic carbocycles. The van der Waals surface area contributed by atoms with E-state index in [4.69, 9.17) is 0 Å². The molecule has 3 heteroatoms. The second kappa shape index (κ2) is 8.16. The Morgan fingerprint density at radius 1 is 1.20 bits per heavy atom. The van der Waals surface area contributed by atoms with Gasteiger partial charge in [-0.2, -0.15) is 0 Å². The standard InChI is InChI=1S/C17H32N2S/c1-7-12-18-16(17(4,9-3)19(5)6)13-15-11-10-14(8-2)20-15/h10-11,16,18H,7-9,12-13H2,1-6H3. The van der Waals surface area contributed by atoms with E-state index >= 15 is 0 Å². The maximum Gasteiger partial charge on any atom is 0.0329 e.